The predicted molar refractivity (Wildman–Crippen MR) is 87.6 cm³/mol. The highest BCUT2D eigenvalue weighted by molar-refractivity contribution is 5.78. The van der Waals surface area contributed by atoms with E-state index in [9.17, 15) is 4.79 Å². The molecule has 124 valence electrons. The fraction of sp³-hybridized carbons (Fsp3) is 0.750. The summed E-state index contributed by atoms with van der Waals surface area (Å²) in [5, 5.41) is 3.41. The predicted octanol–water partition coefficient (Wildman–Crippen LogP) is 1.02. The molecule has 0 radical (unpaired) electrons. The molecule has 6 heteroatoms. The van der Waals surface area contributed by atoms with Gasteiger partial charge in [0.15, 0.2) is 0 Å². The molecule has 22 heavy (non-hydrogen) atoms. The van der Waals surface area contributed by atoms with E-state index in [1.54, 1.807) is 0 Å². The van der Waals surface area contributed by atoms with Crippen molar-refractivity contribution in [3.8, 4) is 0 Å². The van der Waals surface area contributed by atoms with Gasteiger partial charge in [-0.1, -0.05) is 13.8 Å². The van der Waals surface area contributed by atoms with Crippen LogP contribution in [0.25, 0.3) is 0 Å². The third-order valence-corrected chi connectivity index (χ3v) is 4.19. The molecule has 1 atom stereocenters. The summed E-state index contributed by atoms with van der Waals surface area (Å²) in [4.78, 5) is 21.4. The summed E-state index contributed by atoms with van der Waals surface area (Å²) in [5.74, 6) is 1.27. The highest BCUT2D eigenvalue weighted by atomic mass is 16.2. The number of carbonyl (C=O) groups is 1. The molecule has 1 N–H and O–H groups in total. The van der Waals surface area contributed by atoms with Gasteiger partial charge >= 0.3 is 0 Å². The summed E-state index contributed by atoms with van der Waals surface area (Å²) in [6, 6.07) is 0.169. The minimum absolute atomic E-state index is 0.169. The van der Waals surface area contributed by atoms with Crippen LogP contribution in [0, 0.1) is 0 Å². The second-order valence-electron chi connectivity index (χ2n) is 5.97. The maximum atomic E-state index is 12.6. The summed E-state index contributed by atoms with van der Waals surface area (Å²) >= 11 is 0. The Hall–Kier alpha value is -1.40. The molecule has 0 bridgehead atoms. The lowest BCUT2D eigenvalue weighted by Gasteiger charge is -2.36. The van der Waals surface area contributed by atoms with Crippen LogP contribution in [0.1, 0.15) is 38.6 Å². The molecule has 0 aliphatic carbocycles. The zero-order valence-electron chi connectivity index (χ0n) is 14.1. The number of imidazole rings is 1. The second kappa shape index (κ2) is 8.29. The van der Waals surface area contributed by atoms with Crippen LogP contribution >= 0.6 is 0 Å². The first-order chi connectivity index (χ1) is 10.7. The fourth-order valence-corrected chi connectivity index (χ4v) is 3.06. The van der Waals surface area contributed by atoms with E-state index in [2.05, 4.69) is 29.0 Å². The average Bonchev–Trinajstić information content (AvgIpc) is 2.93. The monoisotopic (exact) mass is 307 g/mol. The first kappa shape index (κ1) is 17.0. The van der Waals surface area contributed by atoms with Crippen LogP contribution in [0.15, 0.2) is 12.4 Å². The molecule has 1 aliphatic heterocycles. The van der Waals surface area contributed by atoms with E-state index < -0.39 is 0 Å². The summed E-state index contributed by atoms with van der Waals surface area (Å²) in [6.07, 6.45) is 5.81. The SMILES string of the molecule is CCCN(CCC)C(=O)CN1CCNCC1c1nccn1C. The summed E-state index contributed by atoms with van der Waals surface area (Å²) in [7, 11) is 2.01. The van der Waals surface area contributed by atoms with E-state index in [1.165, 1.54) is 0 Å². The number of aryl methyl sites for hydroxylation is 1. The minimum atomic E-state index is 0.169. The number of carbonyl (C=O) groups excluding carboxylic acids is 1. The Morgan fingerprint density at radius 3 is 2.73 bits per heavy atom. The van der Waals surface area contributed by atoms with Gasteiger partial charge in [-0.3, -0.25) is 9.69 Å². The van der Waals surface area contributed by atoms with Crippen LogP contribution < -0.4 is 5.32 Å². The third-order valence-electron chi connectivity index (χ3n) is 4.19. The first-order valence-electron chi connectivity index (χ1n) is 8.37. The Bertz CT molecular complexity index is 467. The van der Waals surface area contributed by atoms with Crippen LogP contribution in [0.3, 0.4) is 0 Å². The van der Waals surface area contributed by atoms with E-state index in [1.807, 2.05) is 28.9 Å². The average molecular weight is 307 g/mol. The maximum Gasteiger partial charge on any atom is 0.236 e. The lowest BCUT2D eigenvalue weighted by atomic mass is 10.1. The molecule has 1 aromatic heterocycles. The van der Waals surface area contributed by atoms with Gasteiger partial charge in [0.25, 0.3) is 0 Å². The number of amides is 1. The van der Waals surface area contributed by atoms with Crippen LogP contribution in [-0.2, 0) is 11.8 Å². The molecule has 1 unspecified atom stereocenters. The molecule has 6 nitrogen and oxygen atoms in total. The fourth-order valence-electron chi connectivity index (χ4n) is 3.06. The number of piperazine rings is 1. The third kappa shape index (κ3) is 4.08. The van der Waals surface area contributed by atoms with Gasteiger partial charge in [0, 0.05) is 52.2 Å². The highest BCUT2D eigenvalue weighted by Crippen LogP contribution is 2.20. The van der Waals surface area contributed by atoms with Crippen LogP contribution in [0.5, 0.6) is 0 Å². The molecule has 1 aliphatic rings. The van der Waals surface area contributed by atoms with Gasteiger partial charge < -0.3 is 14.8 Å². The van der Waals surface area contributed by atoms with Crippen molar-refractivity contribution in [2.24, 2.45) is 7.05 Å². The zero-order valence-corrected chi connectivity index (χ0v) is 14.1. The number of nitrogens with one attached hydrogen (secondary N) is 1. The molecule has 2 heterocycles. The normalized spacial score (nSPS) is 19.3. The number of aromatic nitrogens is 2. The molecule has 1 amide bonds. The van der Waals surface area contributed by atoms with Crippen molar-refractivity contribution in [2.45, 2.75) is 32.7 Å². The highest BCUT2D eigenvalue weighted by Gasteiger charge is 2.29. The number of rotatable bonds is 7. The van der Waals surface area contributed by atoms with Gasteiger partial charge in [0.05, 0.1) is 12.6 Å². The molecular formula is C16H29N5O. The Kier molecular flexibility index (Phi) is 6.39. The molecule has 2 rings (SSSR count). The van der Waals surface area contributed by atoms with E-state index in [4.69, 9.17) is 0 Å². The standard InChI is InChI=1S/C16H29N5O/c1-4-8-20(9-5-2)15(22)13-21-11-6-17-12-14(21)16-18-7-10-19(16)3/h7,10,14,17H,4-6,8-9,11-13H2,1-3H3. The molecule has 0 saturated carbocycles. The van der Waals surface area contributed by atoms with E-state index in [0.29, 0.717) is 6.54 Å². The van der Waals surface area contributed by atoms with Crippen molar-refractivity contribution in [3.63, 3.8) is 0 Å². The first-order valence-corrected chi connectivity index (χ1v) is 8.37. The minimum Gasteiger partial charge on any atom is -0.342 e. The van der Waals surface area contributed by atoms with Gasteiger partial charge in [-0.2, -0.15) is 0 Å². The van der Waals surface area contributed by atoms with Gasteiger partial charge in [0.1, 0.15) is 5.82 Å². The quantitative estimate of drug-likeness (QED) is 0.817. The summed E-state index contributed by atoms with van der Waals surface area (Å²) in [6.45, 7) is 9.09. The van der Waals surface area contributed by atoms with Gasteiger partial charge in [-0.15, -0.1) is 0 Å². The van der Waals surface area contributed by atoms with Crippen molar-refractivity contribution in [3.05, 3.63) is 18.2 Å². The summed E-state index contributed by atoms with van der Waals surface area (Å²) < 4.78 is 2.05. The number of hydrogen-bond acceptors (Lipinski definition) is 4. The number of hydrogen-bond donors (Lipinski definition) is 1. The lowest BCUT2D eigenvalue weighted by molar-refractivity contribution is -0.133. The number of nitrogens with zero attached hydrogens (tertiary/aromatic N) is 4. The van der Waals surface area contributed by atoms with Crippen molar-refractivity contribution in [1.82, 2.24) is 24.7 Å². The Labute approximate surface area is 133 Å². The molecular weight excluding hydrogens is 278 g/mol. The Morgan fingerprint density at radius 2 is 2.14 bits per heavy atom. The maximum absolute atomic E-state index is 12.6. The smallest absolute Gasteiger partial charge is 0.236 e. The van der Waals surface area contributed by atoms with Crippen molar-refractivity contribution >= 4 is 5.91 Å². The van der Waals surface area contributed by atoms with Gasteiger partial charge in [-0.05, 0) is 12.8 Å². The van der Waals surface area contributed by atoms with Crippen LogP contribution in [0.4, 0.5) is 0 Å². The van der Waals surface area contributed by atoms with E-state index >= 15 is 0 Å². The largest absolute Gasteiger partial charge is 0.342 e. The van der Waals surface area contributed by atoms with Crippen molar-refractivity contribution in [2.75, 3.05) is 39.3 Å². The molecule has 1 fully saturated rings. The van der Waals surface area contributed by atoms with Crippen molar-refractivity contribution < 1.29 is 4.79 Å². The van der Waals surface area contributed by atoms with Gasteiger partial charge in [-0.25, -0.2) is 4.98 Å². The molecule has 1 aromatic rings. The Balaban J connectivity index is 2.05. The zero-order chi connectivity index (χ0) is 15.9. The van der Waals surface area contributed by atoms with E-state index in [0.717, 1.165) is 51.4 Å². The van der Waals surface area contributed by atoms with Crippen LogP contribution in [0.2, 0.25) is 0 Å². The lowest BCUT2D eigenvalue weighted by Crippen LogP contribution is -2.51. The summed E-state index contributed by atoms with van der Waals surface area (Å²) in [5.41, 5.74) is 0. The van der Waals surface area contributed by atoms with Crippen LogP contribution in [-0.4, -0.2) is 64.5 Å². The second-order valence-corrected chi connectivity index (χ2v) is 5.97. The molecule has 1 saturated heterocycles. The van der Waals surface area contributed by atoms with Gasteiger partial charge in [0.2, 0.25) is 5.91 Å². The topological polar surface area (TPSA) is 53.4 Å². The Morgan fingerprint density at radius 1 is 1.41 bits per heavy atom. The van der Waals surface area contributed by atoms with E-state index in [-0.39, 0.29) is 11.9 Å². The molecule has 0 aromatic carbocycles. The molecule has 0 spiro atoms. The van der Waals surface area contributed by atoms with Crippen molar-refractivity contribution in [1.29, 1.82) is 0 Å².